The molecule has 16 nitrogen and oxygen atoms in total. The van der Waals surface area contributed by atoms with E-state index in [1.54, 1.807) is 19.1 Å². The molecule has 0 spiro atoms. The number of aliphatic hydroxyl groups is 1. The van der Waals surface area contributed by atoms with E-state index in [0.29, 0.717) is 54.8 Å². The van der Waals surface area contributed by atoms with Crippen molar-refractivity contribution in [2.24, 2.45) is 0 Å². The Kier molecular flexibility index (Phi) is 20.3. The van der Waals surface area contributed by atoms with Crippen LogP contribution in [-0.4, -0.2) is 62.7 Å². The number of nitrogens with zero attached hydrogens (tertiary/aromatic N) is 2. The fourth-order valence-corrected chi connectivity index (χ4v) is 11.2. The van der Waals surface area contributed by atoms with Crippen LogP contribution in [0.15, 0.2) is 149 Å². The van der Waals surface area contributed by atoms with Crippen molar-refractivity contribution < 1.29 is 63.8 Å². The van der Waals surface area contributed by atoms with Crippen LogP contribution >= 0.6 is 23.2 Å². The van der Waals surface area contributed by atoms with Crippen LogP contribution in [0.5, 0.6) is 5.75 Å². The van der Waals surface area contributed by atoms with Crippen molar-refractivity contribution in [1.29, 1.82) is 5.26 Å². The number of rotatable bonds is 20. The summed E-state index contributed by atoms with van der Waals surface area (Å²) in [5, 5.41) is 22.9. The summed E-state index contributed by atoms with van der Waals surface area (Å²) in [6.07, 6.45) is -0.998. The number of aliphatic hydroxyl groups excluding tert-OH is 1. The second kappa shape index (κ2) is 26.5. The lowest BCUT2D eigenvalue weighted by atomic mass is 9.80. The number of hydrogen-bond donors (Lipinski definition) is 4. The Morgan fingerprint density at radius 2 is 1.60 bits per heavy atom. The zero-order valence-corrected chi connectivity index (χ0v) is 46.6. The number of nitriles is 1. The van der Waals surface area contributed by atoms with E-state index in [-0.39, 0.29) is 67.2 Å². The molecule has 80 heavy (non-hydrogen) atoms. The number of ketones is 1. The zero-order chi connectivity index (χ0) is 58.6. The molecule has 0 radical (unpaired) electrons. The van der Waals surface area contributed by atoms with Crippen molar-refractivity contribution in [3.63, 3.8) is 0 Å². The number of hydrogen-bond acceptors (Lipinski definition) is 13. The van der Waals surface area contributed by atoms with Gasteiger partial charge in [-0.15, -0.1) is 0 Å². The summed E-state index contributed by atoms with van der Waals surface area (Å²) >= 11 is 12.1. The van der Waals surface area contributed by atoms with Gasteiger partial charge < -0.3 is 19.9 Å². The Balaban J connectivity index is 0.000000259. The van der Waals surface area contributed by atoms with Crippen LogP contribution in [0.1, 0.15) is 109 Å². The molecule has 23 heteroatoms. The summed E-state index contributed by atoms with van der Waals surface area (Å²) in [5.74, 6) is -2.88. The third kappa shape index (κ3) is 16.0. The largest absolute Gasteiger partial charge is 0.512 e. The standard InChI is InChI=1S/C31H33F3N2O5S.C26H21Cl2N3O6S/c1-3-16-30(17-15-21-9-6-5-7-10-21)19-26(37)28(29(38)41-30)25(4-2)22-11-8-12-24(18-22)36-42(39,40)27-14-13-23(20-35-27)31(32,33)34;1-3-24(32)31-38(35,36)20-5-6-22(15(2)8-20)30-25(33)14-37-23-7-4-18(27)12-21(23)26(34)17-9-16(13-29)10-19(28)11-17/h5-14,18,20,25,36-37H,3-4,15-17,19H2,1-2H3;4-12H,3,14H2,1-2H3,(H,30,33)(H,31,32)/t25-,30-;/m1./s1. The fraction of sp³-hybridized carbons (Fsp3) is 0.263. The average molecular weight is 1180 g/mol. The van der Waals surface area contributed by atoms with Crippen molar-refractivity contribution in [1.82, 2.24) is 9.71 Å². The number of anilines is 2. The summed E-state index contributed by atoms with van der Waals surface area (Å²) in [6.45, 7) is 6.47. The third-order valence-corrected chi connectivity index (χ3v) is 15.7. The van der Waals surface area contributed by atoms with Gasteiger partial charge >= 0.3 is 12.1 Å². The molecule has 2 heterocycles. The molecular formula is C57H54Cl2F3N5O11S2. The van der Waals surface area contributed by atoms with Crippen LogP contribution in [0.25, 0.3) is 0 Å². The monoisotopic (exact) mass is 1180 g/mol. The highest BCUT2D eigenvalue weighted by molar-refractivity contribution is 7.92. The molecule has 2 amide bonds. The maximum Gasteiger partial charge on any atom is 0.417 e. The molecule has 0 fully saturated rings. The molecule has 1 aromatic heterocycles. The molecule has 6 aromatic rings. The van der Waals surface area contributed by atoms with E-state index < -0.39 is 78.5 Å². The van der Waals surface area contributed by atoms with Crippen molar-refractivity contribution in [2.45, 2.75) is 100 Å². The lowest BCUT2D eigenvalue weighted by Gasteiger charge is -2.38. The van der Waals surface area contributed by atoms with Gasteiger partial charge in [-0.1, -0.05) is 92.9 Å². The number of carbonyl (C=O) groups is 4. The van der Waals surface area contributed by atoms with Crippen molar-refractivity contribution >= 4 is 78.2 Å². The summed E-state index contributed by atoms with van der Waals surface area (Å²) in [7, 11) is -8.34. The molecular weight excluding hydrogens is 1120 g/mol. The number of amides is 2. The molecule has 0 unspecified atom stereocenters. The van der Waals surface area contributed by atoms with Gasteiger partial charge in [0.25, 0.3) is 26.0 Å². The Hall–Kier alpha value is -7.77. The number of halogens is 5. The van der Waals surface area contributed by atoms with E-state index in [0.717, 1.165) is 18.1 Å². The normalized spacial score (nSPS) is 14.8. The number of ether oxygens (including phenoxy) is 2. The first-order valence-corrected chi connectivity index (χ1v) is 28.5. The number of sulfonamides is 2. The molecule has 1 aliphatic rings. The molecule has 0 aliphatic carbocycles. The first-order valence-electron chi connectivity index (χ1n) is 24.8. The number of aromatic nitrogens is 1. The predicted octanol–water partition coefficient (Wildman–Crippen LogP) is 12.0. The number of cyclic esters (lactones) is 1. The Bertz CT molecular complexity index is 3600. The highest BCUT2D eigenvalue weighted by Gasteiger charge is 2.43. The molecule has 1 aliphatic heterocycles. The predicted molar refractivity (Wildman–Crippen MR) is 294 cm³/mol. The van der Waals surface area contributed by atoms with E-state index in [4.69, 9.17) is 37.9 Å². The van der Waals surface area contributed by atoms with Gasteiger partial charge in [0.15, 0.2) is 17.4 Å². The minimum Gasteiger partial charge on any atom is -0.512 e. The summed E-state index contributed by atoms with van der Waals surface area (Å²) in [4.78, 5) is 54.0. The second-order valence-corrected chi connectivity index (χ2v) is 22.6. The first kappa shape index (κ1) is 61.4. The third-order valence-electron chi connectivity index (χ3n) is 12.6. The minimum atomic E-state index is -4.65. The summed E-state index contributed by atoms with van der Waals surface area (Å²) in [5.41, 5.74) is 1.20. The van der Waals surface area contributed by atoms with E-state index in [9.17, 15) is 54.3 Å². The Morgan fingerprint density at radius 1 is 0.863 bits per heavy atom. The van der Waals surface area contributed by atoms with Gasteiger partial charge in [0.1, 0.15) is 17.1 Å². The van der Waals surface area contributed by atoms with Crippen molar-refractivity contribution in [3.05, 3.63) is 188 Å². The van der Waals surface area contributed by atoms with Crippen LogP contribution in [0.3, 0.4) is 0 Å². The topological polar surface area (TPSA) is 248 Å². The molecule has 420 valence electrons. The van der Waals surface area contributed by atoms with Crippen LogP contribution in [0.2, 0.25) is 10.0 Å². The van der Waals surface area contributed by atoms with E-state index in [1.165, 1.54) is 73.7 Å². The maximum atomic E-state index is 13.4. The quantitative estimate of drug-likeness (QED) is 0.0411. The number of benzene rings is 5. The summed E-state index contributed by atoms with van der Waals surface area (Å²) in [6, 6.07) is 32.0. The summed E-state index contributed by atoms with van der Waals surface area (Å²) < 4.78 is 105. The number of carbonyl (C=O) groups excluding carboxylic acids is 4. The highest BCUT2D eigenvalue weighted by Crippen LogP contribution is 2.42. The lowest BCUT2D eigenvalue weighted by Crippen LogP contribution is -2.41. The van der Waals surface area contributed by atoms with E-state index >= 15 is 0 Å². The van der Waals surface area contributed by atoms with Crippen LogP contribution in [-0.2, 0) is 51.8 Å². The SMILES string of the molecule is CCC(=O)NS(=O)(=O)c1ccc(NC(=O)COc2ccc(Cl)cc2C(=O)c2cc(Cl)cc(C#N)c2)c(C)c1.CCC[C@@]1(CCc2ccccc2)CC(O)=C([C@H](CC)c2cccc(NS(=O)(=O)c3ccc(C(F)(F)F)cn3)c2)C(=O)O1. The van der Waals surface area contributed by atoms with Gasteiger partial charge in [-0.3, -0.25) is 19.1 Å². The fourth-order valence-electron chi connectivity index (χ4n) is 8.67. The average Bonchev–Trinajstić information content (AvgIpc) is 3.44. The minimum absolute atomic E-state index is 0.00723. The molecule has 5 aromatic carbocycles. The second-order valence-electron chi connectivity index (χ2n) is 18.4. The van der Waals surface area contributed by atoms with Gasteiger partial charge in [0.2, 0.25) is 5.91 Å². The van der Waals surface area contributed by atoms with Gasteiger partial charge in [-0.05, 0) is 128 Å². The lowest BCUT2D eigenvalue weighted by molar-refractivity contribution is -0.161. The molecule has 0 bridgehead atoms. The van der Waals surface area contributed by atoms with Gasteiger partial charge in [-0.2, -0.15) is 26.9 Å². The molecule has 7 rings (SSSR count). The molecule has 0 saturated carbocycles. The van der Waals surface area contributed by atoms with Gasteiger partial charge in [0.05, 0.1) is 33.2 Å². The number of esters is 1. The van der Waals surface area contributed by atoms with Crippen LogP contribution in [0, 0.1) is 18.3 Å². The number of aryl methyl sites for hydroxylation is 2. The number of pyridine rings is 1. The first-order chi connectivity index (χ1) is 37.8. The molecule has 2 atom stereocenters. The van der Waals surface area contributed by atoms with Crippen molar-refractivity contribution in [2.75, 3.05) is 16.6 Å². The maximum absolute atomic E-state index is 13.4. The van der Waals surface area contributed by atoms with E-state index in [1.807, 2.05) is 55.0 Å². The smallest absolute Gasteiger partial charge is 0.417 e. The van der Waals surface area contributed by atoms with Crippen LogP contribution in [0.4, 0.5) is 24.5 Å². The van der Waals surface area contributed by atoms with Crippen molar-refractivity contribution in [3.8, 4) is 11.8 Å². The number of alkyl halides is 3. The highest BCUT2D eigenvalue weighted by atomic mass is 35.5. The molecule has 4 N–H and O–H groups in total. The zero-order valence-electron chi connectivity index (χ0n) is 43.5. The Morgan fingerprint density at radius 3 is 2.23 bits per heavy atom. The van der Waals surface area contributed by atoms with Gasteiger partial charge in [0, 0.05) is 51.9 Å². The van der Waals surface area contributed by atoms with E-state index in [2.05, 4.69) is 15.0 Å². The molecule has 0 saturated heterocycles. The number of nitrogens with one attached hydrogen (secondary N) is 3. The van der Waals surface area contributed by atoms with Gasteiger partial charge in [-0.25, -0.2) is 22.9 Å². The Labute approximate surface area is 471 Å². The van der Waals surface area contributed by atoms with Crippen LogP contribution < -0.4 is 19.5 Å².